The molecule has 3 aromatic rings. The van der Waals surface area contributed by atoms with E-state index in [0.29, 0.717) is 13.0 Å². The highest BCUT2D eigenvalue weighted by Crippen LogP contribution is 2.32. The van der Waals surface area contributed by atoms with Crippen LogP contribution in [0.4, 0.5) is 0 Å². The number of nitrogens with zero attached hydrogens (tertiary/aromatic N) is 4. The van der Waals surface area contributed by atoms with Gasteiger partial charge in [0.15, 0.2) is 0 Å². The Bertz CT molecular complexity index is 958. The van der Waals surface area contributed by atoms with Crippen LogP contribution in [-0.4, -0.2) is 38.8 Å². The van der Waals surface area contributed by atoms with Crippen molar-refractivity contribution in [2.24, 2.45) is 0 Å². The fourth-order valence-electron chi connectivity index (χ4n) is 3.88. The van der Waals surface area contributed by atoms with E-state index in [1.165, 1.54) is 5.56 Å². The maximum atomic E-state index is 12.8. The molecule has 0 radical (unpaired) electrons. The van der Waals surface area contributed by atoms with E-state index < -0.39 is 0 Å². The van der Waals surface area contributed by atoms with Crippen LogP contribution in [-0.2, 0) is 11.2 Å². The molecule has 0 aliphatic carbocycles. The van der Waals surface area contributed by atoms with E-state index in [-0.39, 0.29) is 11.8 Å². The summed E-state index contributed by atoms with van der Waals surface area (Å²) < 4.78 is 0. The minimum Gasteiger partial charge on any atom is -0.342 e. The summed E-state index contributed by atoms with van der Waals surface area (Å²) in [6.45, 7) is 3.57. The summed E-state index contributed by atoms with van der Waals surface area (Å²) >= 11 is 0. The number of hydrogen-bond donors (Lipinski definition) is 0. The molecular weight excluding hydrogens is 348 g/mol. The molecule has 1 saturated heterocycles. The zero-order valence-corrected chi connectivity index (χ0v) is 16.1. The molecule has 1 aliphatic rings. The lowest BCUT2D eigenvalue weighted by molar-refractivity contribution is -0.131. The van der Waals surface area contributed by atoms with Crippen molar-refractivity contribution >= 4 is 5.91 Å². The smallest absolute Gasteiger partial charge is 0.227 e. The standard InChI is InChI=1S/C23H24N4O/c1-17-5-2-7-19(13-17)22-23(26-11-10-25-22)20-8-4-12-27(16-20)21(28)14-18-6-3-9-24-15-18/h2-3,5-7,9-11,13,15,20H,4,8,12,14,16H2,1H3/t20-/m0/s1. The zero-order valence-electron chi connectivity index (χ0n) is 16.1. The van der Waals surface area contributed by atoms with E-state index in [2.05, 4.69) is 40.1 Å². The number of rotatable bonds is 4. The van der Waals surface area contributed by atoms with Crippen LogP contribution in [0, 0.1) is 6.92 Å². The lowest BCUT2D eigenvalue weighted by atomic mass is 9.91. The van der Waals surface area contributed by atoms with Crippen molar-refractivity contribution in [2.75, 3.05) is 13.1 Å². The molecule has 1 aliphatic heterocycles. The van der Waals surface area contributed by atoms with Crippen molar-refractivity contribution in [3.63, 3.8) is 0 Å². The number of aromatic nitrogens is 3. The number of benzene rings is 1. The Labute approximate surface area is 165 Å². The molecule has 0 N–H and O–H groups in total. The number of aryl methyl sites for hydroxylation is 1. The van der Waals surface area contributed by atoms with Gasteiger partial charge in [-0.15, -0.1) is 0 Å². The summed E-state index contributed by atoms with van der Waals surface area (Å²) in [7, 11) is 0. The monoisotopic (exact) mass is 372 g/mol. The average Bonchev–Trinajstić information content (AvgIpc) is 2.74. The third-order valence-electron chi connectivity index (χ3n) is 5.26. The van der Waals surface area contributed by atoms with E-state index >= 15 is 0 Å². The van der Waals surface area contributed by atoms with Crippen LogP contribution in [0.25, 0.3) is 11.3 Å². The Morgan fingerprint density at radius 3 is 2.86 bits per heavy atom. The molecule has 2 aromatic heterocycles. The van der Waals surface area contributed by atoms with Gasteiger partial charge in [-0.1, -0.05) is 29.8 Å². The van der Waals surface area contributed by atoms with Crippen LogP contribution < -0.4 is 0 Å². The van der Waals surface area contributed by atoms with Gasteiger partial charge in [0.2, 0.25) is 5.91 Å². The van der Waals surface area contributed by atoms with E-state index in [1.807, 2.05) is 23.1 Å². The SMILES string of the molecule is Cc1cccc(-c2nccnc2[C@H]2CCCN(C(=O)Cc3cccnc3)C2)c1. The van der Waals surface area contributed by atoms with Crippen LogP contribution >= 0.6 is 0 Å². The van der Waals surface area contributed by atoms with E-state index in [0.717, 1.165) is 41.9 Å². The Kier molecular flexibility index (Phi) is 5.42. The minimum atomic E-state index is 0.152. The Morgan fingerprint density at radius 2 is 2.04 bits per heavy atom. The van der Waals surface area contributed by atoms with Crippen molar-refractivity contribution in [3.8, 4) is 11.3 Å². The summed E-state index contributed by atoms with van der Waals surface area (Å²) in [5, 5.41) is 0. The van der Waals surface area contributed by atoms with Crippen molar-refractivity contribution in [2.45, 2.75) is 32.1 Å². The van der Waals surface area contributed by atoms with Crippen LogP contribution in [0.3, 0.4) is 0 Å². The average molecular weight is 372 g/mol. The molecule has 3 heterocycles. The molecule has 5 nitrogen and oxygen atoms in total. The topological polar surface area (TPSA) is 59.0 Å². The van der Waals surface area contributed by atoms with Gasteiger partial charge < -0.3 is 4.90 Å². The molecule has 142 valence electrons. The van der Waals surface area contributed by atoms with E-state index in [9.17, 15) is 4.79 Å². The van der Waals surface area contributed by atoms with Gasteiger partial charge in [-0.25, -0.2) is 0 Å². The predicted octanol–water partition coefficient (Wildman–Crippen LogP) is 3.80. The van der Waals surface area contributed by atoms with Gasteiger partial charge in [-0.2, -0.15) is 0 Å². The third-order valence-corrected chi connectivity index (χ3v) is 5.26. The fourth-order valence-corrected chi connectivity index (χ4v) is 3.88. The molecule has 1 fully saturated rings. The third kappa shape index (κ3) is 4.09. The molecule has 1 amide bonds. The van der Waals surface area contributed by atoms with Gasteiger partial charge in [0.1, 0.15) is 0 Å². The molecule has 0 bridgehead atoms. The molecule has 0 saturated carbocycles. The number of hydrogen-bond acceptors (Lipinski definition) is 4. The lowest BCUT2D eigenvalue weighted by Crippen LogP contribution is -2.40. The van der Waals surface area contributed by atoms with Gasteiger partial charge >= 0.3 is 0 Å². The number of amides is 1. The first kappa shape index (κ1) is 18.3. The summed E-state index contributed by atoms with van der Waals surface area (Å²) in [6.07, 6.45) is 9.39. The maximum Gasteiger partial charge on any atom is 0.227 e. The second kappa shape index (κ2) is 8.30. The van der Waals surface area contributed by atoms with Crippen LogP contribution in [0.2, 0.25) is 0 Å². The molecule has 1 aromatic carbocycles. The first-order valence-electron chi connectivity index (χ1n) is 9.75. The summed E-state index contributed by atoms with van der Waals surface area (Å²) in [5.74, 6) is 0.356. The van der Waals surface area contributed by atoms with Gasteiger partial charge in [-0.05, 0) is 37.5 Å². The molecule has 5 heteroatoms. The van der Waals surface area contributed by atoms with E-state index in [4.69, 9.17) is 0 Å². The highest BCUT2D eigenvalue weighted by atomic mass is 16.2. The molecule has 0 unspecified atom stereocenters. The zero-order chi connectivity index (χ0) is 19.3. The molecular formula is C23H24N4O. The molecule has 4 rings (SSSR count). The van der Waals surface area contributed by atoms with Gasteiger partial charge in [0.25, 0.3) is 0 Å². The first-order chi connectivity index (χ1) is 13.7. The maximum absolute atomic E-state index is 12.8. The summed E-state index contributed by atoms with van der Waals surface area (Å²) in [6, 6.07) is 12.2. The van der Waals surface area contributed by atoms with Crippen LogP contribution in [0.1, 0.15) is 35.6 Å². The molecule has 28 heavy (non-hydrogen) atoms. The van der Waals surface area contributed by atoms with Gasteiger partial charge in [0, 0.05) is 49.4 Å². The van der Waals surface area contributed by atoms with Crippen molar-refractivity contribution in [1.82, 2.24) is 19.9 Å². The molecule has 1 atom stereocenters. The first-order valence-corrected chi connectivity index (χ1v) is 9.75. The highest BCUT2D eigenvalue weighted by Gasteiger charge is 2.28. The Hall–Kier alpha value is -3.08. The highest BCUT2D eigenvalue weighted by molar-refractivity contribution is 5.79. The number of likely N-dealkylation sites (tertiary alicyclic amines) is 1. The van der Waals surface area contributed by atoms with Crippen molar-refractivity contribution in [3.05, 3.63) is 78.0 Å². The molecule has 0 spiro atoms. The number of pyridine rings is 1. The van der Waals surface area contributed by atoms with Crippen molar-refractivity contribution in [1.29, 1.82) is 0 Å². The minimum absolute atomic E-state index is 0.152. The van der Waals surface area contributed by atoms with Gasteiger partial charge in [-0.3, -0.25) is 19.7 Å². The number of piperidine rings is 1. The normalized spacial score (nSPS) is 16.8. The fraction of sp³-hybridized carbons (Fsp3) is 0.304. The van der Waals surface area contributed by atoms with Crippen molar-refractivity contribution < 1.29 is 4.79 Å². The Morgan fingerprint density at radius 1 is 1.14 bits per heavy atom. The predicted molar refractivity (Wildman–Crippen MR) is 109 cm³/mol. The summed E-state index contributed by atoms with van der Waals surface area (Å²) in [5.41, 5.74) is 5.16. The number of carbonyl (C=O) groups is 1. The second-order valence-corrected chi connectivity index (χ2v) is 7.38. The summed E-state index contributed by atoms with van der Waals surface area (Å²) in [4.78, 5) is 28.2. The lowest BCUT2D eigenvalue weighted by Gasteiger charge is -2.33. The largest absolute Gasteiger partial charge is 0.342 e. The quantitative estimate of drug-likeness (QED) is 0.699. The van der Waals surface area contributed by atoms with E-state index in [1.54, 1.807) is 24.8 Å². The van der Waals surface area contributed by atoms with Crippen LogP contribution in [0.15, 0.2) is 61.2 Å². The number of carbonyl (C=O) groups excluding carboxylic acids is 1. The Balaban J connectivity index is 1.55. The second-order valence-electron chi connectivity index (χ2n) is 7.38. The van der Waals surface area contributed by atoms with Crippen LogP contribution in [0.5, 0.6) is 0 Å². The van der Waals surface area contributed by atoms with Gasteiger partial charge in [0.05, 0.1) is 17.8 Å².